The highest BCUT2D eigenvalue weighted by Crippen LogP contribution is 2.24. The molecule has 1 atom stereocenters. The van der Waals surface area contributed by atoms with E-state index in [-0.39, 0.29) is 11.9 Å². The van der Waals surface area contributed by atoms with Crippen LogP contribution in [0.4, 0.5) is 4.39 Å². The predicted octanol–water partition coefficient (Wildman–Crippen LogP) is 4.68. The van der Waals surface area contributed by atoms with Crippen molar-refractivity contribution < 1.29 is 4.39 Å². The van der Waals surface area contributed by atoms with Crippen LogP contribution in [-0.2, 0) is 0 Å². The standard InChI is InChI=1S/C14H21BrFN/c1-4-11(5-2)9-17-10(3)13-7-6-12(16)8-14(13)15/h6-8,10-11,17H,4-5,9H2,1-3H3. The van der Waals surface area contributed by atoms with E-state index in [1.165, 1.54) is 25.0 Å². The lowest BCUT2D eigenvalue weighted by molar-refractivity contribution is 0.422. The van der Waals surface area contributed by atoms with Crippen LogP contribution in [0.2, 0.25) is 0 Å². The Morgan fingerprint density at radius 3 is 2.47 bits per heavy atom. The van der Waals surface area contributed by atoms with Gasteiger partial charge in [-0.15, -0.1) is 0 Å². The van der Waals surface area contributed by atoms with Crippen molar-refractivity contribution in [3.63, 3.8) is 0 Å². The molecule has 0 saturated heterocycles. The lowest BCUT2D eigenvalue weighted by Gasteiger charge is -2.19. The van der Waals surface area contributed by atoms with E-state index in [4.69, 9.17) is 0 Å². The van der Waals surface area contributed by atoms with Crippen LogP contribution in [0.15, 0.2) is 22.7 Å². The molecule has 0 spiro atoms. The summed E-state index contributed by atoms with van der Waals surface area (Å²) < 4.78 is 13.8. The average molecular weight is 302 g/mol. The van der Waals surface area contributed by atoms with Gasteiger partial charge in [0.05, 0.1) is 0 Å². The molecule has 0 aromatic heterocycles. The molecule has 1 N–H and O–H groups in total. The molecule has 0 aliphatic rings. The Balaban J connectivity index is 2.60. The van der Waals surface area contributed by atoms with E-state index in [0.717, 1.165) is 22.5 Å². The van der Waals surface area contributed by atoms with Gasteiger partial charge in [-0.25, -0.2) is 4.39 Å². The third-order valence-corrected chi connectivity index (χ3v) is 3.98. The number of hydrogen-bond donors (Lipinski definition) is 1. The molecule has 0 saturated carbocycles. The van der Waals surface area contributed by atoms with E-state index in [9.17, 15) is 4.39 Å². The molecule has 1 aromatic carbocycles. The highest BCUT2D eigenvalue weighted by molar-refractivity contribution is 9.10. The Kier molecular flexibility index (Phi) is 6.14. The first-order chi connectivity index (χ1) is 8.08. The summed E-state index contributed by atoms with van der Waals surface area (Å²) in [7, 11) is 0. The lowest BCUT2D eigenvalue weighted by atomic mass is 10.0. The van der Waals surface area contributed by atoms with Crippen molar-refractivity contribution in [2.45, 2.75) is 39.7 Å². The molecule has 0 heterocycles. The molecule has 0 amide bonds. The average Bonchev–Trinajstić information content (AvgIpc) is 2.30. The van der Waals surface area contributed by atoms with E-state index in [2.05, 4.69) is 42.0 Å². The van der Waals surface area contributed by atoms with Gasteiger partial charge in [-0.1, -0.05) is 48.7 Å². The summed E-state index contributed by atoms with van der Waals surface area (Å²) in [5, 5.41) is 3.51. The zero-order chi connectivity index (χ0) is 12.8. The molecular formula is C14H21BrFN. The molecule has 0 aliphatic carbocycles. The summed E-state index contributed by atoms with van der Waals surface area (Å²) in [5.74, 6) is 0.518. The Morgan fingerprint density at radius 2 is 1.94 bits per heavy atom. The van der Waals surface area contributed by atoms with Gasteiger partial charge in [0, 0.05) is 10.5 Å². The van der Waals surface area contributed by atoms with Gasteiger partial charge >= 0.3 is 0 Å². The summed E-state index contributed by atoms with van der Waals surface area (Å²) in [6, 6.07) is 5.11. The largest absolute Gasteiger partial charge is 0.310 e. The minimum absolute atomic E-state index is 0.201. The van der Waals surface area contributed by atoms with Gasteiger partial charge < -0.3 is 5.32 Å². The fourth-order valence-electron chi connectivity index (χ4n) is 1.88. The zero-order valence-corrected chi connectivity index (χ0v) is 12.3. The summed E-state index contributed by atoms with van der Waals surface area (Å²) in [6.07, 6.45) is 2.39. The smallest absolute Gasteiger partial charge is 0.124 e. The maximum atomic E-state index is 13.0. The second-order valence-corrected chi connectivity index (χ2v) is 5.33. The highest BCUT2D eigenvalue weighted by Gasteiger charge is 2.11. The first-order valence-electron chi connectivity index (χ1n) is 6.26. The Bertz CT molecular complexity index is 350. The van der Waals surface area contributed by atoms with Gasteiger partial charge in [0.1, 0.15) is 5.82 Å². The van der Waals surface area contributed by atoms with Crippen LogP contribution >= 0.6 is 15.9 Å². The van der Waals surface area contributed by atoms with Gasteiger partial charge in [-0.3, -0.25) is 0 Å². The molecule has 0 fully saturated rings. The molecule has 0 radical (unpaired) electrons. The maximum absolute atomic E-state index is 13.0. The van der Waals surface area contributed by atoms with Gasteiger partial charge in [-0.05, 0) is 37.1 Å². The first kappa shape index (κ1) is 14.7. The van der Waals surface area contributed by atoms with Crippen molar-refractivity contribution in [2.75, 3.05) is 6.54 Å². The number of rotatable bonds is 6. The minimum atomic E-state index is -0.201. The third kappa shape index (κ3) is 4.40. The molecule has 17 heavy (non-hydrogen) atoms. The van der Waals surface area contributed by atoms with E-state index in [1.807, 2.05) is 6.07 Å². The van der Waals surface area contributed by atoms with Crippen LogP contribution in [0.3, 0.4) is 0 Å². The fraction of sp³-hybridized carbons (Fsp3) is 0.571. The first-order valence-corrected chi connectivity index (χ1v) is 7.06. The SMILES string of the molecule is CCC(CC)CNC(C)c1ccc(F)cc1Br. The fourth-order valence-corrected chi connectivity index (χ4v) is 2.58. The van der Waals surface area contributed by atoms with Gasteiger partial charge in [-0.2, -0.15) is 0 Å². The van der Waals surface area contributed by atoms with E-state index in [1.54, 1.807) is 0 Å². The number of hydrogen-bond acceptors (Lipinski definition) is 1. The lowest BCUT2D eigenvalue weighted by Crippen LogP contribution is -2.25. The van der Waals surface area contributed by atoms with Crippen LogP contribution in [0, 0.1) is 11.7 Å². The Morgan fingerprint density at radius 1 is 1.29 bits per heavy atom. The second-order valence-electron chi connectivity index (χ2n) is 4.48. The molecule has 1 aromatic rings. The zero-order valence-electron chi connectivity index (χ0n) is 10.8. The second kappa shape index (κ2) is 7.12. The molecule has 0 bridgehead atoms. The molecule has 1 nitrogen and oxygen atoms in total. The van der Waals surface area contributed by atoms with Gasteiger partial charge in [0.25, 0.3) is 0 Å². The molecule has 3 heteroatoms. The van der Waals surface area contributed by atoms with E-state index >= 15 is 0 Å². The van der Waals surface area contributed by atoms with Crippen molar-refractivity contribution in [2.24, 2.45) is 5.92 Å². The summed E-state index contributed by atoms with van der Waals surface area (Å²) in [4.78, 5) is 0. The molecule has 96 valence electrons. The third-order valence-electron chi connectivity index (χ3n) is 3.30. The minimum Gasteiger partial charge on any atom is -0.310 e. The van der Waals surface area contributed by atoms with Crippen molar-refractivity contribution in [1.82, 2.24) is 5.32 Å². The molecule has 0 aliphatic heterocycles. The normalized spacial score (nSPS) is 13.1. The van der Waals surface area contributed by atoms with Crippen molar-refractivity contribution in [3.8, 4) is 0 Å². The summed E-state index contributed by atoms with van der Waals surface area (Å²) in [5.41, 5.74) is 1.11. The van der Waals surface area contributed by atoms with E-state index < -0.39 is 0 Å². The Hall–Kier alpha value is -0.410. The van der Waals surface area contributed by atoms with Gasteiger partial charge in [0.15, 0.2) is 0 Å². The number of halogens is 2. The maximum Gasteiger partial charge on any atom is 0.124 e. The van der Waals surface area contributed by atoms with Crippen LogP contribution < -0.4 is 5.32 Å². The number of nitrogens with one attached hydrogen (secondary N) is 1. The molecular weight excluding hydrogens is 281 g/mol. The van der Waals surface area contributed by atoms with Gasteiger partial charge in [0.2, 0.25) is 0 Å². The highest BCUT2D eigenvalue weighted by atomic mass is 79.9. The summed E-state index contributed by atoms with van der Waals surface area (Å²) >= 11 is 3.41. The van der Waals surface area contributed by atoms with Crippen LogP contribution in [-0.4, -0.2) is 6.54 Å². The quantitative estimate of drug-likeness (QED) is 0.805. The van der Waals surface area contributed by atoms with Crippen molar-refractivity contribution >= 4 is 15.9 Å². The number of benzene rings is 1. The predicted molar refractivity (Wildman–Crippen MR) is 74.6 cm³/mol. The topological polar surface area (TPSA) is 12.0 Å². The van der Waals surface area contributed by atoms with Crippen molar-refractivity contribution in [3.05, 3.63) is 34.1 Å². The van der Waals surface area contributed by atoms with Crippen molar-refractivity contribution in [1.29, 1.82) is 0 Å². The van der Waals surface area contributed by atoms with Crippen LogP contribution in [0.25, 0.3) is 0 Å². The van der Waals surface area contributed by atoms with E-state index in [0.29, 0.717) is 0 Å². The monoisotopic (exact) mass is 301 g/mol. The molecule has 1 unspecified atom stereocenters. The van der Waals surface area contributed by atoms with Crippen LogP contribution in [0.5, 0.6) is 0 Å². The Labute approximate surface area is 112 Å². The summed E-state index contributed by atoms with van der Waals surface area (Å²) in [6.45, 7) is 7.56. The molecule has 1 rings (SSSR count). The van der Waals surface area contributed by atoms with Crippen LogP contribution in [0.1, 0.15) is 45.2 Å².